The second kappa shape index (κ2) is 3.67. The van der Waals surface area contributed by atoms with Crippen LogP contribution in [0.5, 0.6) is 0 Å². The van der Waals surface area contributed by atoms with Crippen molar-refractivity contribution in [3.05, 3.63) is 24.3 Å². The Balaban J connectivity index is 2.24. The summed E-state index contributed by atoms with van der Waals surface area (Å²) in [6.45, 7) is 0.834. The minimum absolute atomic E-state index is 0.0989. The number of nitrogens with two attached hydrogens (primary N) is 1. The lowest BCUT2D eigenvalue weighted by atomic mass is 10.2. The molecule has 1 heterocycles. The number of carbonyl (C=O) groups excluding carboxylic acids is 1. The number of nitrogens with zero attached hydrogens (tertiary/aromatic N) is 1. The van der Waals surface area contributed by atoms with Gasteiger partial charge < -0.3 is 5.73 Å². The zero-order chi connectivity index (χ0) is 9.97. The lowest BCUT2D eigenvalue weighted by molar-refractivity contribution is -0.120. The molecule has 74 valence electrons. The third kappa shape index (κ3) is 1.70. The van der Waals surface area contributed by atoms with Crippen molar-refractivity contribution in [1.29, 1.82) is 0 Å². The number of hydrogen-bond donors (Lipinski definition) is 2. The zero-order valence-corrected chi connectivity index (χ0v) is 7.86. The van der Waals surface area contributed by atoms with Gasteiger partial charge in [-0.1, -0.05) is 6.07 Å². The number of benzene rings is 1. The van der Waals surface area contributed by atoms with Crippen LogP contribution in [0.3, 0.4) is 0 Å². The first-order chi connectivity index (χ1) is 6.77. The number of anilines is 2. The van der Waals surface area contributed by atoms with Gasteiger partial charge in [0.15, 0.2) is 0 Å². The first kappa shape index (κ1) is 9.02. The fraction of sp³-hybridized carbons (Fsp3) is 0.300. The van der Waals surface area contributed by atoms with Crippen LogP contribution in [0, 0.1) is 0 Å². The molecule has 1 amide bonds. The number of carbonyl (C=O) groups is 1. The molecule has 1 aromatic carbocycles. The highest BCUT2D eigenvalue weighted by Gasteiger charge is 2.18. The first-order valence-corrected chi connectivity index (χ1v) is 4.69. The second-order valence-corrected chi connectivity index (χ2v) is 3.34. The average Bonchev–Trinajstić information content (AvgIpc) is 2.18. The summed E-state index contributed by atoms with van der Waals surface area (Å²) >= 11 is 0. The summed E-state index contributed by atoms with van der Waals surface area (Å²) in [4.78, 5) is 11.5. The van der Waals surface area contributed by atoms with Gasteiger partial charge in [-0.3, -0.25) is 4.79 Å². The van der Waals surface area contributed by atoms with Crippen LogP contribution in [0.15, 0.2) is 24.3 Å². The topological polar surface area (TPSA) is 58.4 Å². The molecule has 1 fully saturated rings. The number of hydrogen-bond acceptors (Lipinski definition) is 3. The van der Waals surface area contributed by atoms with E-state index in [0.29, 0.717) is 12.1 Å². The summed E-state index contributed by atoms with van der Waals surface area (Å²) in [6, 6.07) is 7.30. The molecule has 14 heavy (non-hydrogen) atoms. The predicted molar refractivity (Wildman–Crippen MR) is 55.6 cm³/mol. The van der Waals surface area contributed by atoms with E-state index in [1.807, 2.05) is 12.1 Å². The molecule has 0 spiro atoms. The van der Waals surface area contributed by atoms with Gasteiger partial charge in [0.25, 0.3) is 0 Å². The van der Waals surface area contributed by atoms with E-state index in [2.05, 4.69) is 5.43 Å². The van der Waals surface area contributed by atoms with Gasteiger partial charge in [0.2, 0.25) is 5.91 Å². The molecule has 0 atom stereocenters. The standard InChI is InChI=1S/C10H13N3O/c11-8-3-1-4-9(7-8)13-10(14)5-2-6-12-13/h1,3-4,7,12H,2,5-6,11H2. The summed E-state index contributed by atoms with van der Waals surface area (Å²) in [5, 5.41) is 1.57. The smallest absolute Gasteiger partial charge is 0.241 e. The Kier molecular flexibility index (Phi) is 2.37. The highest BCUT2D eigenvalue weighted by atomic mass is 16.2. The largest absolute Gasteiger partial charge is 0.399 e. The van der Waals surface area contributed by atoms with E-state index in [1.165, 1.54) is 0 Å². The van der Waals surface area contributed by atoms with E-state index in [4.69, 9.17) is 5.73 Å². The fourth-order valence-corrected chi connectivity index (χ4v) is 1.53. The van der Waals surface area contributed by atoms with Crippen LogP contribution >= 0.6 is 0 Å². The molecular weight excluding hydrogens is 178 g/mol. The third-order valence-electron chi connectivity index (χ3n) is 2.22. The van der Waals surface area contributed by atoms with Crippen molar-refractivity contribution in [3.8, 4) is 0 Å². The first-order valence-electron chi connectivity index (χ1n) is 4.69. The fourth-order valence-electron chi connectivity index (χ4n) is 1.53. The number of nitrogen functional groups attached to an aromatic ring is 1. The van der Waals surface area contributed by atoms with Crippen LogP contribution < -0.4 is 16.2 Å². The van der Waals surface area contributed by atoms with Gasteiger partial charge in [-0.05, 0) is 24.6 Å². The maximum Gasteiger partial charge on any atom is 0.241 e. The maximum atomic E-state index is 11.5. The van der Waals surface area contributed by atoms with Crippen molar-refractivity contribution in [3.63, 3.8) is 0 Å². The Hall–Kier alpha value is -1.55. The minimum Gasteiger partial charge on any atom is -0.399 e. The van der Waals surface area contributed by atoms with Crippen LogP contribution in [-0.2, 0) is 4.79 Å². The highest BCUT2D eigenvalue weighted by Crippen LogP contribution is 2.18. The third-order valence-corrected chi connectivity index (χ3v) is 2.22. The Bertz CT molecular complexity index is 351. The normalized spacial score (nSPS) is 17.1. The van der Waals surface area contributed by atoms with Gasteiger partial charge in [-0.15, -0.1) is 0 Å². The number of amides is 1. The van der Waals surface area contributed by atoms with E-state index in [1.54, 1.807) is 17.1 Å². The van der Waals surface area contributed by atoms with Crippen molar-refractivity contribution in [2.45, 2.75) is 12.8 Å². The zero-order valence-electron chi connectivity index (χ0n) is 7.86. The Morgan fingerprint density at radius 1 is 1.43 bits per heavy atom. The van der Waals surface area contributed by atoms with Crippen LogP contribution in [0.25, 0.3) is 0 Å². The quantitative estimate of drug-likeness (QED) is 0.648. The van der Waals surface area contributed by atoms with Gasteiger partial charge in [0, 0.05) is 18.7 Å². The lowest BCUT2D eigenvalue weighted by Crippen LogP contribution is -2.47. The second-order valence-electron chi connectivity index (χ2n) is 3.34. The molecule has 0 radical (unpaired) electrons. The van der Waals surface area contributed by atoms with Crippen molar-refractivity contribution < 1.29 is 4.79 Å². The lowest BCUT2D eigenvalue weighted by Gasteiger charge is -2.27. The van der Waals surface area contributed by atoms with E-state index in [-0.39, 0.29) is 5.91 Å². The molecule has 0 saturated carbocycles. The summed E-state index contributed by atoms with van der Waals surface area (Å²) < 4.78 is 0. The molecule has 1 saturated heterocycles. The maximum absolute atomic E-state index is 11.5. The van der Waals surface area contributed by atoms with Gasteiger partial charge in [0.1, 0.15) is 0 Å². The van der Waals surface area contributed by atoms with Gasteiger partial charge in [-0.25, -0.2) is 10.4 Å². The molecule has 0 unspecified atom stereocenters. The predicted octanol–water partition coefficient (Wildman–Crippen LogP) is 0.900. The van der Waals surface area contributed by atoms with Crippen LogP contribution in [0.1, 0.15) is 12.8 Å². The molecule has 0 aromatic heterocycles. The molecule has 2 rings (SSSR count). The van der Waals surface area contributed by atoms with Gasteiger partial charge in [0.05, 0.1) is 5.69 Å². The molecule has 1 aromatic rings. The van der Waals surface area contributed by atoms with Gasteiger partial charge in [-0.2, -0.15) is 0 Å². The van der Waals surface area contributed by atoms with Gasteiger partial charge >= 0.3 is 0 Å². The van der Waals surface area contributed by atoms with Crippen LogP contribution in [-0.4, -0.2) is 12.5 Å². The van der Waals surface area contributed by atoms with E-state index in [0.717, 1.165) is 18.7 Å². The summed E-state index contributed by atoms with van der Waals surface area (Å²) in [5.41, 5.74) is 10.2. The monoisotopic (exact) mass is 191 g/mol. The van der Waals surface area contributed by atoms with Crippen molar-refractivity contribution in [1.82, 2.24) is 5.43 Å². The molecule has 3 N–H and O–H groups in total. The van der Waals surface area contributed by atoms with Crippen molar-refractivity contribution >= 4 is 17.3 Å². The number of nitrogens with one attached hydrogen (secondary N) is 1. The number of rotatable bonds is 1. The molecule has 1 aliphatic heterocycles. The molecule has 1 aliphatic rings. The Labute approximate surface area is 82.7 Å². The van der Waals surface area contributed by atoms with E-state index in [9.17, 15) is 4.79 Å². The Morgan fingerprint density at radius 2 is 2.29 bits per heavy atom. The van der Waals surface area contributed by atoms with E-state index < -0.39 is 0 Å². The van der Waals surface area contributed by atoms with Crippen molar-refractivity contribution in [2.75, 3.05) is 17.3 Å². The van der Waals surface area contributed by atoms with Crippen LogP contribution in [0.2, 0.25) is 0 Å². The molecule has 0 aliphatic carbocycles. The highest BCUT2D eigenvalue weighted by molar-refractivity contribution is 5.93. The Morgan fingerprint density at radius 3 is 3.00 bits per heavy atom. The van der Waals surface area contributed by atoms with E-state index >= 15 is 0 Å². The summed E-state index contributed by atoms with van der Waals surface area (Å²) in [5.74, 6) is 0.0989. The minimum atomic E-state index is 0.0989. The average molecular weight is 191 g/mol. The molecule has 4 nitrogen and oxygen atoms in total. The molecule has 0 bridgehead atoms. The molecule has 4 heteroatoms. The molecular formula is C10H13N3O. The number of hydrazine groups is 1. The SMILES string of the molecule is Nc1cccc(N2NCCCC2=O)c1. The summed E-state index contributed by atoms with van der Waals surface area (Å²) in [7, 11) is 0. The van der Waals surface area contributed by atoms with Crippen molar-refractivity contribution in [2.24, 2.45) is 0 Å². The summed E-state index contributed by atoms with van der Waals surface area (Å²) in [6.07, 6.45) is 1.50. The van der Waals surface area contributed by atoms with Crippen LogP contribution in [0.4, 0.5) is 11.4 Å².